The zero-order valence-electron chi connectivity index (χ0n) is 25.0. The van der Waals surface area contributed by atoms with Crippen LogP contribution in [0.3, 0.4) is 0 Å². The van der Waals surface area contributed by atoms with E-state index in [1.165, 1.54) is 0 Å². The summed E-state index contributed by atoms with van der Waals surface area (Å²) in [6.45, 7) is 8.72. The minimum atomic E-state index is -0.610. The minimum absolute atomic E-state index is 0.147. The van der Waals surface area contributed by atoms with Gasteiger partial charge in [0.25, 0.3) is 5.91 Å². The third kappa shape index (κ3) is 6.27. The summed E-state index contributed by atoms with van der Waals surface area (Å²) in [5.41, 5.74) is 5.98. The topological polar surface area (TPSA) is 90.0 Å². The lowest BCUT2D eigenvalue weighted by Crippen LogP contribution is -2.52. The van der Waals surface area contributed by atoms with Crippen molar-refractivity contribution in [3.63, 3.8) is 0 Å². The Balaban J connectivity index is 1.12. The van der Waals surface area contributed by atoms with Crippen LogP contribution in [0.1, 0.15) is 79.4 Å². The first-order valence-electron chi connectivity index (χ1n) is 15.3. The van der Waals surface area contributed by atoms with Gasteiger partial charge in [0.05, 0.1) is 0 Å². The molecule has 6 rings (SSSR count). The number of nitrogens with one attached hydrogen (secondary N) is 1. The Kier molecular flexibility index (Phi) is 8.18. The standard InChI is InChI=1S/C34H39ClN4O4/c1-34(2)13-12-27(28(19-34)23-5-7-25(35)8-6-23)32(42)38-15-3-14-37(16-17-38)20-22-4-9-26-24(18-22)21-39(33(26)43)29-10-11-30(40)36-31(29)41/h4-9,18,29H,3,10-17,19-21H2,1-2H3,(H,36,40,41). The highest BCUT2D eigenvalue weighted by molar-refractivity contribution is 6.30. The quantitative estimate of drug-likeness (QED) is 0.497. The summed E-state index contributed by atoms with van der Waals surface area (Å²) in [6, 6.07) is 13.2. The number of rotatable bonds is 5. The van der Waals surface area contributed by atoms with Crippen LogP contribution in [0, 0.1) is 5.41 Å². The maximum absolute atomic E-state index is 13.9. The maximum atomic E-state index is 13.9. The van der Waals surface area contributed by atoms with Crippen molar-refractivity contribution >= 4 is 40.8 Å². The van der Waals surface area contributed by atoms with Gasteiger partial charge in [-0.1, -0.05) is 49.7 Å². The molecule has 1 aliphatic carbocycles. The molecular weight excluding hydrogens is 564 g/mol. The lowest BCUT2D eigenvalue weighted by molar-refractivity contribution is -0.137. The van der Waals surface area contributed by atoms with Gasteiger partial charge >= 0.3 is 0 Å². The molecule has 226 valence electrons. The molecule has 2 aromatic carbocycles. The summed E-state index contributed by atoms with van der Waals surface area (Å²) >= 11 is 6.16. The van der Waals surface area contributed by atoms with Crippen molar-refractivity contribution in [3.05, 3.63) is 75.3 Å². The first kappa shape index (κ1) is 29.6. The number of carbonyl (C=O) groups is 4. The third-order valence-electron chi connectivity index (χ3n) is 9.39. The van der Waals surface area contributed by atoms with E-state index in [0.717, 1.165) is 79.7 Å². The Labute approximate surface area is 258 Å². The highest BCUT2D eigenvalue weighted by atomic mass is 35.5. The van der Waals surface area contributed by atoms with Crippen molar-refractivity contribution < 1.29 is 19.2 Å². The normalized spacial score (nSPS) is 22.9. The summed E-state index contributed by atoms with van der Waals surface area (Å²) in [4.78, 5) is 57.0. The molecule has 0 aromatic heterocycles. The predicted octanol–water partition coefficient (Wildman–Crippen LogP) is 4.80. The molecule has 0 spiro atoms. The number of allylic oxidation sites excluding steroid dienone is 1. The zero-order chi connectivity index (χ0) is 30.3. The van der Waals surface area contributed by atoms with Crippen molar-refractivity contribution in [2.75, 3.05) is 26.2 Å². The molecule has 9 heteroatoms. The van der Waals surface area contributed by atoms with Crippen LogP contribution in [0.2, 0.25) is 5.02 Å². The number of amides is 4. The van der Waals surface area contributed by atoms with E-state index >= 15 is 0 Å². The maximum Gasteiger partial charge on any atom is 0.255 e. The number of fused-ring (bicyclic) bond motifs is 1. The molecule has 1 atom stereocenters. The highest BCUT2D eigenvalue weighted by Gasteiger charge is 2.39. The Morgan fingerprint density at radius 1 is 1.00 bits per heavy atom. The molecular formula is C34H39ClN4O4. The first-order chi connectivity index (χ1) is 20.6. The second-order valence-electron chi connectivity index (χ2n) is 13.1. The van der Waals surface area contributed by atoms with E-state index in [0.29, 0.717) is 30.1 Å². The molecule has 2 aromatic rings. The van der Waals surface area contributed by atoms with Crippen LogP contribution in [-0.2, 0) is 27.5 Å². The molecule has 2 fully saturated rings. The fourth-order valence-corrected chi connectivity index (χ4v) is 7.08. The second kappa shape index (κ2) is 11.9. The molecule has 3 heterocycles. The van der Waals surface area contributed by atoms with Crippen molar-refractivity contribution in [2.24, 2.45) is 5.41 Å². The average Bonchev–Trinajstić information content (AvgIpc) is 3.12. The molecule has 0 bridgehead atoms. The fraction of sp³-hybridized carbons (Fsp3) is 0.471. The third-order valence-corrected chi connectivity index (χ3v) is 9.64. The Bertz CT molecular complexity index is 1500. The summed E-state index contributed by atoms with van der Waals surface area (Å²) in [6.07, 6.45) is 4.15. The van der Waals surface area contributed by atoms with Crippen LogP contribution >= 0.6 is 11.6 Å². The molecule has 4 amide bonds. The molecule has 1 unspecified atom stereocenters. The summed E-state index contributed by atoms with van der Waals surface area (Å²) in [5.74, 6) is -0.675. The van der Waals surface area contributed by atoms with Crippen LogP contribution in [-0.4, -0.2) is 70.5 Å². The van der Waals surface area contributed by atoms with Crippen LogP contribution in [0.15, 0.2) is 48.0 Å². The summed E-state index contributed by atoms with van der Waals surface area (Å²) < 4.78 is 0. The van der Waals surface area contributed by atoms with E-state index in [1.54, 1.807) is 4.90 Å². The number of imide groups is 1. The molecule has 0 radical (unpaired) electrons. The van der Waals surface area contributed by atoms with Crippen LogP contribution in [0.25, 0.3) is 5.57 Å². The van der Waals surface area contributed by atoms with Gasteiger partial charge in [0.2, 0.25) is 17.7 Å². The van der Waals surface area contributed by atoms with Crippen LogP contribution in [0.4, 0.5) is 0 Å². The molecule has 4 aliphatic rings. The summed E-state index contributed by atoms with van der Waals surface area (Å²) in [5, 5.41) is 3.06. The fourth-order valence-electron chi connectivity index (χ4n) is 6.96. The van der Waals surface area contributed by atoms with Crippen molar-refractivity contribution in [1.29, 1.82) is 0 Å². The van der Waals surface area contributed by atoms with E-state index < -0.39 is 11.9 Å². The summed E-state index contributed by atoms with van der Waals surface area (Å²) in [7, 11) is 0. The van der Waals surface area contributed by atoms with Gasteiger partial charge in [-0.05, 0) is 78.0 Å². The van der Waals surface area contributed by atoms with Gasteiger partial charge in [0.1, 0.15) is 6.04 Å². The van der Waals surface area contributed by atoms with Gasteiger partial charge in [-0.2, -0.15) is 0 Å². The van der Waals surface area contributed by atoms with Gasteiger partial charge in [0.15, 0.2) is 0 Å². The van der Waals surface area contributed by atoms with E-state index in [1.807, 2.05) is 41.3 Å². The Morgan fingerprint density at radius 2 is 1.79 bits per heavy atom. The van der Waals surface area contributed by atoms with Gasteiger partial charge in [0, 0.05) is 61.8 Å². The molecule has 2 saturated heterocycles. The van der Waals surface area contributed by atoms with Gasteiger partial charge in [-0.15, -0.1) is 0 Å². The number of hydrogen-bond donors (Lipinski definition) is 1. The largest absolute Gasteiger partial charge is 0.338 e. The molecule has 1 N–H and O–H groups in total. The number of hydrogen-bond acceptors (Lipinski definition) is 5. The van der Waals surface area contributed by atoms with E-state index in [4.69, 9.17) is 11.6 Å². The number of piperidine rings is 1. The SMILES string of the molecule is CC1(C)CCC(C(=O)N2CCCN(Cc3ccc4c(c3)CN(C3CCC(=O)NC3=O)C4=O)CC2)=C(c2ccc(Cl)cc2)C1. The molecule has 0 saturated carbocycles. The Hall–Kier alpha value is -3.49. The van der Waals surface area contributed by atoms with E-state index in [9.17, 15) is 19.2 Å². The number of halogens is 1. The minimum Gasteiger partial charge on any atom is -0.338 e. The monoisotopic (exact) mass is 602 g/mol. The van der Waals surface area contributed by atoms with Gasteiger partial charge < -0.3 is 9.80 Å². The lowest BCUT2D eigenvalue weighted by Gasteiger charge is -2.35. The molecule has 3 aliphatic heterocycles. The second-order valence-corrected chi connectivity index (χ2v) is 13.6. The van der Waals surface area contributed by atoms with Crippen molar-refractivity contribution in [1.82, 2.24) is 20.0 Å². The molecule has 8 nitrogen and oxygen atoms in total. The zero-order valence-corrected chi connectivity index (χ0v) is 25.7. The Morgan fingerprint density at radius 3 is 2.56 bits per heavy atom. The van der Waals surface area contributed by atoms with Gasteiger partial charge in [-0.3, -0.25) is 29.4 Å². The predicted molar refractivity (Wildman–Crippen MR) is 165 cm³/mol. The van der Waals surface area contributed by atoms with Crippen LogP contribution < -0.4 is 5.32 Å². The first-order valence-corrected chi connectivity index (χ1v) is 15.7. The molecule has 43 heavy (non-hydrogen) atoms. The number of nitrogens with zero attached hydrogens (tertiary/aromatic N) is 3. The van der Waals surface area contributed by atoms with E-state index in [-0.39, 0.29) is 29.6 Å². The lowest BCUT2D eigenvalue weighted by atomic mass is 9.72. The van der Waals surface area contributed by atoms with Gasteiger partial charge in [-0.25, -0.2) is 0 Å². The van der Waals surface area contributed by atoms with Crippen LogP contribution in [0.5, 0.6) is 0 Å². The van der Waals surface area contributed by atoms with Crippen molar-refractivity contribution in [3.8, 4) is 0 Å². The van der Waals surface area contributed by atoms with Crippen molar-refractivity contribution in [2.45, 2.75) is 71.5 Å². The number of benzene rings is 2. The van der Waals surface area contributed by atoms with E-state index in [2.05, 4.69) is 30.1 Å². The number of carbonyl (C=O) groups excluding carboxylic acids is 4. The average molecular weight is 603 g/mol. The highest BCUT2D eigenvalue weighted by Crippen LogP contribution is 2.43. The smallest absolute Gasteiger partial charge is 0.255 e.